The van der Waals surface area contributed by atoms with Crippen molar-refractivity contribution in [1.82, 2.24) is 4.90 Å². The highest BCUT2D eigenvalue weighted by molar-refractivity contribution is 5.53. The van der Waals surface area contributed by atoms with Crippen molar-refractivity contribution in [2.75, 3.05) is 36.8 Å². The number of nitrogens with zero attached hydrogens (tertiary/aromatic N) is 2. The van der Waals surface area contributed by atoms with E-state index in [1.807, 2.05) is 12.1 Å². The van der Waals surface area contributed by atoms with Gasteiger partial charge in [-0.1, -0.05) is 30.3 Å². The van der Waals surface area contributed by atoms with E-state index in [2.05, 4.69) is 52.3 Å². The highest BCUT2D eigenvalue weighted by Crippen LogP contribution is 2.31. The van der Waals surface area contributed by atoms with Gasteiger partial charge in [-0.3, -0.25) is 0 Å². The van der Waals surface area contributed by atoms with Crippen molar-refractivity contribution in [3.8, 4) is 0 Å². The first-order valence-corrected chi connectivity index (χ1v) is 9.69. The van der Waals surface area contributed by atoms with E-state index < -0.39 is 0 Å². The lowest BCUT2D eigenvalue weighted by Crippen LogP contribution is -2.47. The maximum Gasteiger partial charge on any atom is 0.0367 e. The van der Waals surface area contributed by atoms with Gasteiger partial charge < -0.3 is 15.5 Å². The third kappa shape index (κ3) is 3.82. The lowest BCUT2D eigenvalue weighted by atomic mass is 9.88. The number of likely N-dealkylation sites (tertiary alicyclic amines) is 1. The fourth-order valence-electron chi connectivity index (χ4n) is 4.50. The number of benzene rings is 2. The maximum absolute atomic E-state index is 5.80. The first kappa shape index (κ1) is 16.5. The van der Waals surface area contributed by atoms with Crippen LogP contribution >= 0.6 is 0 Å². The summed E-state index contributed by atoms with van der Waals surface area (Å²) in [5.74, 6) is 0.757. The monoisotopic (exact) mass is 335 g/mol. The third-order valence-corrected chi connectivity index (χ3v) is 6.04. The van der Waals surface area contributed by atoms with Gasteiger partial charge in [-0.15, -0.1) is 0 Å². The summed E-state index contributed by atoms with van der Waals surface area (Å²) in [5, 5.41) is 0. The number of nitrogen functional groups attached to an aromatic ring is 1. The van der Waals surface area contributed by atoms with Crippen LogP contribution < -0.4 is 10.6 Å². The minimum Gasteiger partial charge on any atom is -0.399 e. The number of piperidine rings is 2. The van der Waals surface area contributed by atoms with Crippen LogP contribution in [0.15, 0.2) is 54.6 Å². The minimum absolute atomic E-state index is 0.757. The number of nitrogens with two attached hydrogens (primary N) is 1. The molecule has 2 aromatic rings. The molecule has 2 N–H and O–H groups in total. The highest BCUT2D eigenvalue weighted by Gasteiger charge is 2.28. The Morgan fingerprint density at radius 3 is 2.00 bits per heavy atom. The molecule has 0 amide bonds. The Hall–Kier alpha value is -2.00. The highest BCUT2D eigenvalue weighted by atomic mass is 15.2. The maximum atomic E-state index is 5.80. The van der Waals surface area contributed by atoms with Gasteiger partial charge in [0.15, 0.2) is 0 Å². The van der Waals surface area contributed by atoms with E-state index in [0.717, 1.165) is 30.7 Å². The molecule has 0 radical (unpaired) electrons. The van der Waals surface area contributed by atoms with E-state index in [4.69, 9.17) is 5.73 Å². The van der Waals surface area contributed by atoms with Crippen LogP contribution in [0.4, 0.5) is 11.4 Å². The van der Waals surface area contributed by atoms with Crippen LogP contribution in [0.2, 0.25) is 0 Å². The van der Waals surface area contributed by atoms with Crippen molar-refractivity contribution < 1.29 is 0 Å². The van der Waals surface area contributed by atoms with Crippen molar-refractivity contribution in [3.63, 3.8) is 0 Å². The van der Waals surface area contributed by atoms with Crippen LogP contribution in [-0.4, -0.2) is 37.1 Å². The molecule has 0 spiro atoms. The van der Waals surface area contributed by atoms with Crippen LogP contribution in [-0.2, 0) is 0 Å². The van der Waals surface area contributed by atoms with Crippen LogP contribution in [0.5, 0.6) is 0 Å². The number of hydrogen-bond acceptors (Lipinski definition) is 3. The summed E-state index contributed by atoms with van der Waals surface area (Å²) in [6.07, 6.45) is 5.17. The molecule has 25 heavy (non-hydrogen) atoms. The standard InChI is InChI=1S/C22H29N3/c23-20-6-8-21(9-7-20)25-16-12-22(13-17-25)24-14-10-19(11-15-24)18-4-2-1-3-5-18/h1-9,19,22H,10-17,23H2. The van der Waals surface area contributed by atoms with Crippen LogP contribution in [0.3, 0.4) is 0 Å². The average molecular weight is 335 g/mol. The molecular weight excluding hydrogens is 306 g/mol. The minimum atomic E-state index is 0.757. The number of rotatable bonds is 3. The van der Waals surface area contributed by atoms with Crippen LogP contribution in [0, 0.1) is 0 Å². The van der Waals surface area contributed by atoms with Crippen molar-refractivity contribution >= 4 is 11.4 Å². The molecule has 0 unspecified atom stereocenters. The molecule has 2 saturated heterocycles. The molecule has 4 rings (SSSR count). The molecule has 2 aliphatic heterocycles. The normalized spacial score (nSPS) is 20.7. The Bertz CT molecular complexity index is 651. The second-order valence-corrected chi connectivity index (χ2v) is 7.53. The molecule has 2 aromatic carbocycles. The van der Waals surface area contributed by atoms with Gasteiger partial charge in [0, 0.05) is 30.5 Å². The molecule has 3 nitrogen and oxygen atoms in total. The van der Waals surface area contributed by atoms with Crippen molar-refractivity contribution in [2.24, 2.45) is 0 Å². The summed E-state index contributed by atoms with van der Waals surface area (Å²) >= 11 is 0. The first-order valence-electron chi connectivity index (χ1n) is 9.69. The van der Waals surface area contributed by atoms with E-state index in [1.165, 1.54) is 50.0 Å². The smallest absolute Gasteiger partial charge is 0.0367 e. The quantitative estimate of drug-likeness (QED) is 0.857. The summed E-state index contributed by atoms with van der Waals surface area (Å²) in [6, 6.07) is 20.2. The van der Waals surface area contributed by atoms with Gasteiger partial charge in [-0.05, 0) is 74.5 Å². The van der Waals surface area contributed by atoms with Crippen LogP contribution in [0.1, 0.15) is 37.2 Å². The van der Waals surface area contributed by atoms with Gasteiger partial charge in [-0.2, -0.15) is 0 Å². The lowest BCUT2D eigenvalue weighted by molar-refractivity contribution is 0.132. The first-order chi connectivity index (χ1) is 12.3. The Labute approximate surface area is 151 Å². The molecule has 0 aliphatic carbocycles. The molecule has 0 atom stereocenters. The van der Waals surface area contributed by atoms with E-state index in [-0.39, 0.29) is 0 Å². The van der Waals surface area contributed by atoms with Gasteiger partial charge in [0.2, 0.25) is 0 Å². The van der Waals surface area contributed by atoms with Crippen LogP contribution in [0.25, 0.3) is 0 Å². The van der Waals surface area contributed by atoms with Crippen molar-refractivity contribution in [2.45, 2.75) is 37.6 Å². The second-order valence-electron chi connectivity index (χ2n) is 7.53. The van der Waals surface area contributed by atoms with Gasteiger partial charge in [-0.25, -0.2) is 0 Å². The summed E-state index contributed by atoms with van der Waals surface area (Å²) in [6.45, 7) is 4.83. The fraction of sp³-hybridized carbons (Fsp3) is 0.455. The Kier molecular flexibility index (Phi) is 4.93. The SMILES string of the molecule is Nc1ccc(N2CCC(N3CCC(c4ccccc4)CC3)CC2)cc1. The summed E-state index contributed by atoms with van der Waals surface area (Å²) in [5.41, 5.74) is 9.49. The van der Waals surface area contributed by atoms with E-state index in [0.29, 0.717) is 0 Å². The largest absolute Gasteiger partial charge is 0.399 e. The summed E-state index contributed by atoms with van der Waals surface area (Å²) < 4.78 is 0. The zero-order valence-electron chi connectivity index (χ0n) is 15.0. The van der Waals surface area contributed by atoms with E-state index >= 15 is 0 Å². The lowest BCUT2D eigenvalue weighted by Gasteiger charge is -2.42. The topological polar surface area (TPSA) is 32.5 Å². The summed E-state index contributed by atoms with van der Waals surface area (Å²) in [7, 11) is 0. The third-order valence-electron chi connectivity index (χ3n) is 6.04. The van der Waals surface area contributed by atoms with Gasteiger partial charge >= 0.3 is 0 Å². The molecule has 0 saturated carbocycles. The number of hydrogen-bond donors (Lipinski definition) is 1. The van der Waals surface area contributed by atoms with Gasteiger partial charge in [0.1, 0.15) is 0 Å². The predicted molar refractivity (Wildman–Crippen MR) is 106 cm³/mol. The zero-order valence-corrected chi connectivity index (χ0v) is 15.0. The molecule has 2 fully saturated rings. The molecule has 0 aromatic heterocycles. The van der Waals surface area contributed by atoms with Gasteiger partial charge in [0.05, 0.1) is 0 Å². The van der Waals surface area contributed by atoms with Gasteiger partial charge in [0.25, 0.3) is 0 Å². The molecule has 2 aliphatic rings. The molecule has 3 heteroatoms. The van der Waals surface area contributed by atoms with E-state index in [1.54, 1.807) is 0 Å². The average Bonchev–Trinajstić information content (AvgIpc) is 2.70. The number of anilines is 2. The van der Waals surface area contributed by atoms with Crippen molar-refractivity contribution in [1.29, 1.82) is 0 Å². The molecule has 2 heterocycles. The molecule has 0 bridgehead atoms. The Balaban J connectivity index is 1.28. The molecule has 132 valence electrons. The zero-order chi connectivity index (χ0) is 17.1. The fourth-order valence-corrected chi connectivity index (χ4v) is 4.50. The molecular formula is C22H29N3. The second kappa shape index (κ2) is 7.49. The Morgan fingerprint density at radius 2 is 1.36 bits per heavy atom. The summed E-state index contributed by atoms with van der Waals surface area (Å²) in [4.78, 5) is 5.26. The van der Waals surface area contributed by atoms with Crippen molar-refractivity contribution in [3.05, 3.63) is 60.2 Å². The predicted octanol–water partition coefficient (Wildman–Crippen LogP) is 4.12. The van der Waals surface area contributed by atoms with E-state index in [9.17, 15) is 0 Å². The Morgan fingerprint density at radius 1 is 0.720 bits per heavy atom.